The number of carbonyl (C=O) groups is 1. The highest BCUT2D eigenvalue weighted by molar-refractivity contribution is 5.90. The van der Waals surface area contributed by atoms with Gasteiger partial charge in [0.25, 0.3) is 0 Å². The first-order valence-electron chi connectivity index (χ1n) is 10.0. The second-order valence-corrected chi connectivity index (χ2v) is 8.65. The van der Waals surface area contributed by atoms with Gasteiger partial charge in [-0.1, -0.05) is 45.0 Å². The van der Waals surface area contributed by atoms with Gasteiger partial charge in [-0.25, -0.2) is 13.6 Å². The number of amides is 2. The highest BCUT2D eigenvalue weighted by Gasteiger charge is 2.32. The molecule has 6 heteroatoms. The Bertz CT molecular complexity index is 1070. The molecular formula is C24H25F2N3O. The molecule has 2 aromatic carbocycles. The summed E-state index contributed by atoms with van der Waals surface area (Å²) in [6.07, 6.45) is 2.01. The van der Waals surface area contributed by atoms with E-state index < -0.39 is 11.6 Å². The normalized spacial score (nSPS) is 16.3. The van der Waals surface area contributed by atoms with Crippen LogP contribution < -0.4 is 5.32 Å². The van der Waals surface area contributed by atoms with Gasteiger partial charge >= 0.3 is 6.03 Å². The molecule has 1 aromatic heterocycles. The average molecular weight is 409 g/mol. The lowest BCUT2D eigenvalue weighted by molar-refractivity contribution is 0.182. The topological polar surface area (TPSA) is 37.3 Å². The van der Waals surface area contributed by atoms with Crippen LogP contribution >= 0.6 is 0 Å². The van der Waals surface area contributed by atoms with E-state index in [4.69, 9.17) is 0 Å². The van der Waals surface area contributed by atoms with Gasteiger partial charge in [0.2, 0.25) is 0 Å². The van der Waals surface area contributed by atoms with Gasteiger partial charge in [0.15, 0.2) is 11.6 Å². The van der Waals surface area contributed by atoms with Crippen molar-refractivity contribution in [2.24, 2.45) is 0 Å². The first-order chi connectivity index (χ1) is 14.2. The van der Waals surface area contributed by atoms with E-state index in [0.717, 1.165) is 23.4 Å². The predicted octanol–water partition coefficient (Wildman–Crippen LogP) is 5.70. The van der Waals surface area contributed by atoms with E-state index in [9.17, 15) is 13.6 Å². The molecule has 0 radical (unpaired) electrons. The van der Waals surface area contributed by atoms with Gasteiger partial charge in [-0.2, -0.15) is 0 Å². The Hall–Kier alpha value is -3.15. The van der Waals surface area contributed by atoms with Crippen molar-refractivity contribution in [3.8, 4) is 0 Å². The van der Waals surface area contributed by atoms with Crippen molar-refractivity contribution in [1.82, 2.24) is 9.47 Å². The minimum absolute atomic E-state index is 0.0367. The van der Waals surface area contributed by atoms with Crippen LogP contribution in [0, 0.1) is 11.6 Å². The summed E-state index contributed by atoms with van der Waals surface area (Å²) in [4.78, 5) is 14.8. The summed E-state index contributed by atoms with van der Waals surface area (Å²) >= 11 is 0. The molecule has 0 aliphatic carbocycles. The Morgan fingerprint density at radius 2 is 1.73 bits per heavy atom. The Morgan fingerprint density at radius 3 is 2.40 bits per heavy atom. The molecule has 2 heterocycles. The quantitative estimate of drug-likeness (QED) is 0.579. The number of nitrogens with zero attached hydrogens (tertiary/aromatic N) is 2. The van der Waals surface area contributed by atoms with Gasteiger partial charge in [-0.05, 0) is 40.8 Å². The molecule has 3 aromatic rings. The summed E-state index contributed by atoms with van der Waals surface area (Å²) in [7, 11) is 0. The number of urea groups is 1. The van der Waals surface area contributed by atoms with Crippen LogP contribution in [0.2, 0.25) is 0 Å². The van der Waals surface area contributed by atoms with Gasteiger partial charge in [0.05, 0.1) is 6.04 Å². The van der Waals surface area contributed by atoms with E-state index in [1.165, 1.54) is 11.6 Å². The minimum atomic E-state index is -0.991. The molecule has 1 atom stereocenters. The van der Waals surface area contributed by atoms with Crippen molar-refractivity contribution in [3.63, 3.8) is 0 Å². The van der Waals surface area contributed by atoms with Crippen LogP contribution in [0.15, 0.2) is 60.8 Å². The lowest BCUT2D eigenvalue weighted by Gasteiger charge is -2.37. The molecule has 1 N–H and O–H groups in total. The number of carbonyl (C=O) groups excluding carboxylic acids is 1. The number of nitrogens with one attached hydrogen (secondary N) is 1. The van der Waals surface area contributed by atoms with Gasteiger partial charge < -0.3 is 14.8 Å². The Labute approximate surface area is 175 Å². The third-order valence-corrected chi connectivity index (χ3v) is 5.56. The van der Waals surface area contributed by atoms with E-state index in [2.05, 4.69) is 54.9 Å². The lowest BCUT2D eigenvalue weighted by Crippen LogP contribution is -2.44. The molecule has 4 rings (SSSR count). The Balaban J connectivity index is 1.66. The summed E-state index contributed by atoms with van der Waals surface area (Å²) in [5, 5.41) is 2.71. The third kappa shape index (κ3) is 3.82. The molecule has 2 amide bonds. The SMILES string of the molecule is CC(C)(C)c1ccc(C2c3cccn3CCN2C(=O)Nc2ccc(F)c(F)c2)cc1. The number of rotatable bonds is 2. The number of hydrogen-bond acceptors (Lipinski definition) is 1. The zero-order valence-corrected chi connectivity index (χ0v) is 17.3. The number of fused-ring (bicyclic) bond motifs is 1. The van der Waals surface area contributed by atoms with E-state index in [0.29, 0.717) is 13.1 Å². The highest BCUT2D eigenvalue weighted by atomic mass is 19.2. The number of hydrogen-bond donors (Lipinski definition) is 1. The lowest BCUT2D eigenvalue weighted by atomic mass is 9.86. The van der Waals surface area contributed by atoms with E-state index in [1.54, 1.807) is 4.90 Å². The molecule has 0 fully saturated rings. The molecule has 1 unspecified atom stereocenters. The van der Waals surface area contributed by atoms with Crippen LogP contribution in [0.4, 0.5) is 19.3 Å². The maximum absolute atomic E-state index is 13.6. The van der Waals surface area contributed by atoms with Crippen LogP contribution in [0.5, 0.6) is 0 Å². The smallest absolute Gasteiger partial charge is 0.322 e. The van der Waals surface area contributed by atoms with E-state index >= 15 is 0 Å². The second-order valence-electron chi connectivity index (χ2n) is 8.65. The standard InChI is InChI=1S/C24H25F2N3O/c1-24(2,3)17-8-6-16(7-9-17)22-21-5-4-12-28(21)13-14-29(22)23(30)27-18-10-11-19(25)20(26)15-18/h4-12,15,22H,13-14H2,1-3H3,(H,27,30). The van der Waals surface area contributed by atoms with Crippen molar-refractivity contribution in [2.45, 2.75) is 38.8 Å². The summed E-state index contributed by atoms with van der Waals surface area (Å²) in [6, 6.07) is 15.1. The van der Waals surface area contributed by atoms with Crippen molar-refractivity contribution in [3.05, 3.63) is 89.2 Å². The summed E-state index contributed by atoms with van der Waals surface area (Å²) in [6.45, 7) is 7.66. The average Bonchev–Trinajstić information content (AvgIpc) is 3.18. The fourth-order valence-electron chi connectivity index (χ4n) is 3.89. The van der Waals surface area contributed by atoms with Crippen LogP contribution in [-0.4, -0.2) is 22.0 Å². The molecule has 0 spiro atoms. The summed E-state index contributed by atoms with van der Waals surface area (Å²) in [5.74, 6) is -1.93. The molecule has 0 saturated carbocycles. The van der Waals surface area contributed by atoms with Crippen LogP contribution in [0.25, 0.3) is 0 Å². The molecule has 30 heavy (non-hydrogen) atoms. The van der Waals surface area contributed by atoms with Crippen molar-refractivity contribution in [1.29, 1.82) is 0 Å². The van der Waals surface area contributed by atoms with Gasteiger partial charge in [0.1, 0.15) is 0 Å². The van der Waals surface area contributed by atoms with Crippen molar-refractivity contribution in [2.75, 3.05) is 11.9 Å². The largest absolute Gasteiger partial charge is 0.348 e. The first-order valence-corrected chi connectivity index (χ1v) is 10.0. The molecule has 0 bridgehead atoms. The number of benzene rings is 2. The van der Waals surface area contributed by atoms with Gasteiger partial charge in [-0.3, -0.25) is 0 Å². The Morgan fingerprint density at radius 1 is 1.00 bits per heavy atom. The van der Waals surface area contributed by atoms with Crippen LogP contribution in [0.3, 0.4) is 0 Å². The molecule has 1 aliphatic heterocycles. The summed E-state index contributed by atoms with van der Waals surface area (Å²) in [5.41, 5.74) is 3.50. The monoisotopic (exact) mass is 409 g/mol. The fraction of sp³-hybridized carbons (Fsp3) is 0.292. The number of halogens is 2. The van der Waals surface area contributed by atoms with Crippen molar-refractivity contribution >= 4 is 11.7 Å². The maximum atomic E-state index is 13.6. The van der Waals surface area contributed by atoms with Gasteiger partial charge in [-0.15, -0.1) is 0 Å². The fourth-order valence-corrected chi connectivity index (χ4v) is 3.89. The zero-order chi connectivity index (χ0) is 21.5. The number of aromatic nitrogens is 1. The van der Waals surface area contributed by atoms with Crippen molar-refractivity contribution < 1.29 is 13.6 Å². The maximum Gasteiger partial charge on any atom is 0.322 e. The molecule has 0 saturated heterocycles. The van der Waals surface area contributed by atoms with Crippen LogP contribution in [-0.2, 0) is 12.0 Å². The summed E-state index contributed by atoms with van der Waals surface area (Å²) < 4.78 is 28.9. The van der Waals surface area contributed by atoms with Gasteiger partial charge in [0, 0.05) is 36.7 Å². The molecule has 1 aliphatic rings. The Kier molecular flexibility index (Phi) is 5.10. The minimum Gasteiger partial charge on any atom is -0.348 e. The molecule has 4 nitrogen and oxygen atoms in total. The van der Waals surface area contributed by atoms with E-state index in [-0.39, 0.29) is 23.2 Å². The highest BCUT2D eigenvalue weighted by Crippen LogP contribution is 2.34. The predicted molar refractivity (Wildman–Crippen MR) is 113 cm³/mol. The third-order valence-electron chi connectivity index (χ3n) is 5.56. The van der Waals surface area contributed by atoms with Crippen LogP contribution in [0.1, 0.15) is 43.6 Å². The molecular weight excluding hydrogens is 384 g/mol. The van der Waals surface area contributed by atoms with E-state index in [1.807, 2.05) is 18.3 Å². The zero-order valence-electron chi connectivity index (χ0n) is 17.3. The molecule has 156 valence electrons. The number of anilines is 1. The first kappa shape index (κ1) is 20.1. The second kappa shape index (κ2) is 7.59.